The molecule has 0 radical (unpaired) electrons. The van der Waals surface area contributed by atoms with E-state index in [0.29, 0.717) is 5.92 Å². The van der Waals surface area contributed by atoms with E-state index in [-0.39, 0.29) is 11.5 Å². The summed E-state index contributed by atoms with van der Waals surface area (Å²) in [6.45, 7) is 2.09. The molecular formula is C16H21F4N. The van der Waals surface area contributed by atoms with Crippen LogP contribution in [0.4, 0.5) is 17.6 Å². The summed E-state index contributed by atoms with van der Waals surface area (Å²) in [6, 6.07) is 1.83. The smallest absolute Gasteiger partial charge is 0.324 e. The Morgan fingerprint density at radius 2 is 2.00 bits per heavy atom. The Labute approximate surface area is 122 Å². The Kier molecular flexibility index (Phi) is 4.91. The van der Waals surface area contributed by atoms with Crippen LogP contribution in [-0.2, 0) is 6.18 Å². The van der Waals surface area contributed by atoms with Crippen molar-refractivity contribution in [2.75, 3.05) is 0 Å². The largest absolute Gasteiger partial charge is 0.416 e. The third-order valence-corrected chi connectivity index (χ3v) is 4.59. The Hall–Kier alpha value is -1.10. The van der Waals surface area contributed by atoms with E-state index in [1.807, 2.05) is 0 Å². The molecule has 118 valence electrons. The van der Waals surface area contributed by atoms with Crippen molar-refractivity contribution in [3.8, 4) is 0 Å². The Bertz CT molecular complexity index is 484. The Morgan fingerprint density at radius 1 is 1.29 bits per heavy atom. The number of rotatable bonds is 3. The zero-order valence-electron chi connectivity index (χ0n) is 12.1. The predicted molar refractivity (Wildman–Crippen MR) is 74.1 cm³/mol. The molecule has 1 aromatic rings. The van der Waals surface area contributed by atoms with E-state index in [1.54, 1.807) is 0 Å². The van der Waals surface area contributed by atoms with Crippen molar-refractivity contribution in [3.05, 3.63) is 35.1 Å². The van der Waals surface area contributed by atoms with E-state index < -0.39 is 23.6 Å². The van der Waals surface area contributed by atoms with Crippen LogP contribution < -0.4 is 5.73 Å². The normalized spacial score (nSPS) is 24.9. The third kappa shape index (κ3) is 3.76. The summed E-state index contributed by atoms with van der Waals surface area (Å²) in [7, 11) is 0. The minimum Gasteiger partial charge on any atom is -0.324 e. The van der Waals surface area contributed by atoms with Crippen LogP contribution in [0.2, 0.25) is 0 Å². The zero-order valence-corrected chi connectivity index (χ0v) is 12.1. The SMILES string of the molecule is CCC1CCCC(C(N)c2cc(F)ccc2C(F)(F)F)C1. The van der Waals surface area contributed by atoms with Gasteiger partial charge in [-0.1, -0.05) is 26.2 Å². The molecule has 21 heavy (non-hydrogen) atoms. The topological polar surface area (TPSA) is 26.0 Å². The highest BCUT2D eigenvalue weighted by molar-refractivity contribution is 5.33. The molecule has 1 nitrogen and oxygen atoms in total. The quantitative estimate of drug-likeness (QED) is 0.776. The fourth-order valence-electron chi connectivity index (χ4n) is 3.35. The van der Waals surface area contributed by atoms with Crippen molar-refractivity contribution in [3.63, 3.8) is 0 Å². The van der Waals surface area contributed by atoms with Gasteiger partial charge in [-0.05, 0) is 48.4 Å². The average Bonchev–Trinajstić information content (AvgIpc) is 2.45. The van der Waals surface area contributed by atoms with Crippen molar-refractivity contribution < 1.29 is 17.6 Å². The second kappa shape index (κ2) is 6.34. The molecule has 0 amide bonds. The number of hydrogen-bond acceptors (Lipinski definition) is 1. The number of nitrogens with two attached hydrogens (primary N) is 1. The number of benzene rings is 1. The fourth-order valence-corrected chi connectivity index (χ4v) is 3.35. The first-order valence-electron chi connectivity index (χ1n) is 7.45. The lowest BCUT2D eigenvalue weighted by Crippen LogP contribution is -2.29. The maximum absolute atomic E-state index is 13.4. The molecule has 0 bridgehead atoms. The molecule has 0 aliphatic heterocycles. The maximum atomic E-state index is 13.4. The molecule has 5 heteroatoms. The van der Waals surface area contributed by atoms with E-state index in [9.17, 15) is 17.6 Å². The summed E-state index contributed by atoms with van der Waals surface area (Å²) >= 11 is 0. The molecule has 0 spiro atoms. The Balaban J connectivity index is 2.29. The highest BCUT2D eigenvalue weighted by Gasteiger charge is 2.37. The number of halogens is 4. The van der Waals surface area contributed by atoms with Gasteiger partial charge in [-0.2, -0.15) is 13.2 Å². The molecular weight excluding hydrogens is 282 g/mol. The minimum absolute atomic E-state index is 0.00778. The van der Waals surface area contributed by atoms with Crippen LogP contribution in [0.3, 0.4) is 0 Å². The lowest BCUT2D eigenvalue weighted by atomic mass is 9.75. The highest BCUT2D eigenvalue weighted by Crippen LogP contribution is 2.41. The van der Waals surface area contributed by atoms with E-state index in [1.165, 1.54) is 0 Å². The first-order chi connectivity index (χ1) is 9.82. The molecule has 3 unspecified atom stereocenters. The van der Waals surface area contributed by atoms with Crippen molar-refractivity contribution in [2.24, 2.45) is 17.6 Å². The molecule has 2 rings (SSSR count). The maximum Gasteiger partial charge on any atom is 0.416 e. The lowest BCUT2D eigenvalue weighted by molar-refractivity contribution is -0.138. The molecule has 1 aliphatic rings. The molecule has 2 N–H and O–H groups in total. The van der Waals surface area contributed by atoms with Crippen LogP contribution >= 0.6 is 0 Å². The van der Waals surface area contributed by atoms with E-state index >= 15 is 0 Å². The van der Waals surface area contributed by atoms with Crippen LogP contribution in [0.25, 0.3) is 0 Å². The van der Waals surface area contributed by atoms with Gasteiger partial charge in [0.05, 0.1) is 5.56 Å². The first kappa shape index (κ1) is 16.3. The third-order valence-electron chi connectivity index (χ3n) is 4.59. The molecule has 1 saturated carbocycles. The van der Waals surface area contributed by atoms with Crippen LogP contribution in [0.15, 0.2) is 18.2 Å². The lowest BCUT2D eigenvalue weighted by Gasteiger charge is -2.33. The standard InChI is InChI=1S/C16H21F4N/c1-2-10-4-3-5-11(8-10)15(21)13-9-12(17)6-7-14(13)16(18,19)20/h6-7,9-11,15H,2-5,8,21H2,1H3. The minimum atomic E-state index is -4.50. The second-order valence-electron chi connectivity index (χ2n) is 5.96. The summed E-state index contributed by atoms with van der Waals surface area (Å²) in [5.74, 6) is -0.166. The predicted octanol–water partition coefficient (Wildman–Crippen LogP) is 5.06. The second-order valence-corrected chi connectivity index (χ2v) is 5.96. The summed E-state index contributed by atoms with van der Waals surface area (Å²) < 4.78 is 52.6. The molecule has 3 atom stereocenters. The van der Waals surface area contributed by atoms with Crippen LogP contribution in [-0.4, -0.2) is 0 Å². The van der Waals surface area contributed by atoms with Crippen LogP contribution in [0.5, 0.6) is 0 Å². The molecule has 0 aromatic heterocycles. The van der Waals surface area contributed by atoms with Crippen LogP contribution in [0.1, 0.15) is 56.2 Å². The van der Waals surface area contributed by atoms with Gasteiger partial charge in [-0.15, -0.1) is 0 Å². The zero-order chi connectivity index (χ0) is 15.6. The molecule has 0 saturated heterocycles. The number of alkyl halides is 3. The Morgan fingerprint density at radius 3 is 2.62 bits per heavy atom. The molecule has 1 aromatic carbocycles. The highest BCUT2D eigenvalue weighted by atomic mass is 19.4. The van der Waals surface area contributed by atoms with E-state index in [2.05, 4.69) is 6.92 Å². The molecule has 1 aliphatic carbocycles. The van der Waals surface area contributed by atoms with Crippen molar-refractivity contribution in [1.82, 2.24) is 0 Å². The molecule has 1 fully saturated rings. The van der Waals surface area contributed by atoms with Gasteiger partial charge >= 0.3 is 6.18 Å². The summed E-state index contributed by atoms with van der Waals surface area (Å²) in [5.41, 5.74) is 5.17. The van der Waals surface area contributed by atoms with Gasteiger partial charge in [0.25, 0.3) is 0 Å². The van der Waals surface area contributed by atoms with Crippen LogP contribution in [0, 0.1) is 17.7 Å². The summed E-state index contributed by atoms with van der Waals surface area (Å²) in [6.07, 6.45) is 0.234. The summed E-state index contributed by atoms with van der Waals surface area (Å²) in [5, 5.41) is 0. The van der Waals surface area contributed by atoms with Gasteiger partial charge in [-0.3, -0.25) is 0 Å². The van der Waals surface area contributed by atoms with E-state index in [4.69, 9.17) is 5.73 Å². The van der Waals surface area contributed by atoms with Crippen molar-refractivity contribution >= 4 is 0 Å². The average molecular weight is 303 g/mol. The van der Waals surface area contributed by atoms with E-state index in [0.717, 1.165) is 50.3 Å². The van der Waals surface area contributed by atoms with Gasteiger partial charge in [0.2, 0.25) is 0 Å². The van der Waals surface area contributed by atoms with Crippen molar-refractivity contribution in [2.45, 2.75) is 51.2 Å². The monoisotopic (exact) mass is 303 g/mol. The fraction of sp³-hybridized carbons (Fsp3) is 0.625. The van der Waals surface area contributed by atoms with Gasteiger partial charge < -0.3 is 5.73 Å². The first-order valence-corrected chi connectivity index (χ1v) is 7.45. The number of hydrogen-bond donors (Lipinski definition) is 1. The van der Waals surface area contributed by atoms with Gasteiger partial charge in [0, 0.05) is 6.04 Å². The van der Waals surface area contributed by atoms with Gasteiger partial charge in [-0.25, -0.2) is 4.39 Å². The van der Waals surface area contributed by atoms with Crippen molar-refractivity contribution in [1.29, 1.82) is 0 Å². The molecule has 0 heterocycles. The van der Waals surface area contributed by atoms with Gasteiger partial charge in [0.1, 0.15) is 5.82 Å². The van der Waals surface area contributed by atoms with Gasteiger partial charge in [0.15, 0.2) is 0 Å². The summed E-state index contributed by atoms with van der Waals surface area (Å²) in [4.78, 5) is 0.